The Kier molecular flexibility index (Phi) is 4.63. The van der Waals surface area contributed by atoms with Crippen molar-refractivity contribution in [2.24, 2.45) is 0 Å². The van der Waals surface area contributed by atoms with Crippen molar-refractivity contribution in [2.45, 2.75) is 26.2 Å². The number of rotatable bonds is 3. The van der Waals surface area contributed by atoms with Gasteiger partial charge in [-0.05, 0) is 31.9 Å². The number of nitrogens with one attached hydrogen (secondary N) is 1. The quantitative estimate of drug-likeness (QED) is 0.930. The number of carbonyl (C=O) groups excluding carboxylic acids is 1. The lowest BCUT2D eigenvalue weighted by Gasteiger charge is -2.26. The number of aryl methyl sites for hydroxylation is 1. The molecular formula is C16H17ClFN3O2. The normalized spacial score (nSPS) is 15.6. The van der Waals surface area contributed by atoms with Gasteiger partial charge in [-0.3, -0.25) is 10.2 Å². The molecule has 1 aromatic carbocycles. The zero-order valence-corrected chi connectivity index (χ0v) is 13.5. The van der Waals surface area contributed by atoms with Crippen molar-refractivity contribution in [3.05, 3.63) is 40.4 Å². The van der Waals surface area contributed by atoms with Gasteiger partial charge in [-0.2, -0.15) is 0 Å². The second-order valence-electron chi connectivity index (χ2n) is 5.55. The molecule has 1 fully saturated rings. The molecule has 1 N–H and O–H groups in total. The zero-order chi connectivity index (χ0) is 16.4. The minimum Gasteiger partial charge on any atom is -0.360 e. The van der Waals surface area contributed by atoms with E-state index in [1.54, 1.807) is 13.0 Å². The summed E-state index contributed by atoms with van der Waals surface area (Å²) >= 11 is 6.08. The lowest BCUT2D eigenvalue weighted by Crippen LogP contribution is -2.45. The topological polar surface area (TPSA) is 58.4 Å². The number of aromatic nitrogens is 1. The predicted molar refractivity (Wildman–Crippen MR) is 84.5 cm³/mol. The highest BCUT2D eigenvalue weighted by Gasteiger charge is 2.26. The van der Waals surface area contributed by atoms with Gasteiger partial charge in [0, 0.05) is 13.1 Å². The summed E-state index contributed by atoms with van der Waals surface area (Å²) in [5.74, 6) is -0.577. The average Bonchev–Trinajstić information content (AvgIpc) is 2.90. The van der Waals surface area contributed by atoms with E-state index in [1.165, 1.54) is 12.1 Å². The molecule has 0 aliphatic carbocycles. The summed E-state index contributed by atoms with van der Waals surface area (Å²) in [6.07, 6.45) is 3.23. The molecule has 0 radical (unpaired) electrons. The fraction of sp³-hybridized carbons (Fsp3) is 0.375. The molecule has 0 spiro atoms. The van der Waals surface area contributed by atoms with Crippen LogP contribution in [0.15, 0.2) is 22.7 Å². The van der Waals surface area contributed by atoms with Crippen LogP contribution < -0.4 is 5.43 Å². The van der Waals surface area contributed by atoms with E-state index >= 15 is 0 Å². The number of hydrogen-bond donors (Lipinski definition) is 1. The average molecular weight is 338 g/mol. The molecule has 3 rings (SSSR count). The number of hydrogen-bond acceptors (Lipinski definition) is 4. The first-order valence-electron chi connectivity index (χ1n) is 7.54. The van der Waals surface area contributed by atoms with Crippen molar-refractivity contribution in [2.75, 3.05) is 13.1 Å². The molecule has 0 unspecified atom stereocenters. The summed E-state index contributed by atoms with van der Waals surface area (Å²) in [6, 6.07) is 4.33. The van der Waals surface area contributed by atoms with Gasteiger partial charge in [0.1, 0.15) is 22.8 Å². The maximum atomic E-state index is 14.1. The van der Waals surface area contributed by atoms with Gasteiger partial charge in [0.2, 0.25) is 0 Å². The lowest BCUT2D eigenvalue weighted by molar-refractivity contribution is 0.0749. The summed E-state index contributed by atoms with van der Waals surface area (Å²) in [5, 5.41) is 5.89. The Labute approximate surface area is 138 Å². The van der Waals surface area contributed by atoms with E-state index in [1.807, 2.05) is 5.01 Å². The van der Waals surface area contributed by atoms with Gasteiger partial charge in [-0.1, -0.05) is 29.2 Å². The monoisotopic (exact) mass is 337 g/mol. The van der Waals surface area contributed by atoms with Crippen molar-refractivity contribution in [3.8, 4) is 11.3 Å². The molecule has 2 heterocycles. The molecule has 1 aromatic heterocycles. The molecular weight excluding hydrogens is 321 g/mol. The minimum atomic E-state index is -0.544. The fourth-order valence-electron chi connectivity index (χ4n) is 2.74. The number of amides is 1. The molecule has 1 aliphatic rings. The van der Waals surface area contributed by atoms with Crippen LogP contribution in [-0.2, 0) is 0 Å². The van der Waals surface area contributed by atoms with Crippen LogP contribution in [0, 0.1) is 12.7 Å². The second-order valence-corrected chi connectivity index (χ2v) is 5.95. The minimum absolute atomic E-state index is 0.0785. The van der Waals surface area contributed by atoms with Gasteiger partial charge in [0.15, 0.2) is 0 Å². The van der Waals surface area contributed by atoms with Crippen LogP contribution >= 0.6 is 11.6 Å². The van der Waals surface area contributed by atoms with E-state index in [-0.39, 0.29) is 27.8 Å². The van der Waals surface area contributed by atoms with Gasteiger partial charge in [0.25, 0.3) is 5.91 Å². The standard InChI is InChI=1S/C16H17ClFN3O2/c1-10-13(16(22)19-21-8-3-2-4-9-21)15(20-23-10)14-11(17)6-5-7-12(14)18/h5-7H,2-4,8-9H2,1H3,(H,19,22). The molecule has 122 valence electrons. The third kappa shape index (κ3) is 3.23. The molecule has 5 nitrogen and oxygen atoms in total. The zero-order valence-electron chi connectivity index (χ0n) is 12.7. The molecule has 0 saturated carbocycles. The first kappa shape index (κ1) is 16.0. The van der Waals surface area contributed by atoms with E-state index < -0.39 is 5.82 Å². The highest BCUT2D eigenvalue weighted by Crippen LogP contribution is 2.33. The third-order valence-electron chi connectivity index (χ3n) is 3.91. The van der Waals surface area contributed by atoms with Gasteiger partial charge < -0.3 is 4.52 Å². The SMILES string of the molecule is Cc1onc(-c2c(F)cccc2Cl)c1C(=O)NN1CCCCC1. The van der Waals surface area contributed by atoms with Gasteiger partial charge >= 0.3 is 0 Å². The Balaban J connectivity index is 1.94. The largest absolute Gasteiger partial charge is 0.360 e. The molecule has 0 atom stereocenters. The second kappa shape index (κ2) is 6.68. The van der Waals surface area contributed by atoms with Gasteiger partial charge in [-0.15, -0.1) is 0 Å². The summed E-state index contributed by atoms with van der Waals surface area (Å²) in [7, 11) is 0. The van der Waals surface area contributed by atoms with E-state index in [4.69, 9.17) is 16.1 Å². The van der Waals surface area contributed by atoms with Crippen molar-refractivity contribution in [1.29, 1.82) is 0 Å². The number of halogens is 2. The van der Waals surface area contributed by atoms with E-state index in [9.17, 15) is 9.18 Å². The van der Waals surface area contributed by atoms with Crippen LogP contribution in [-0.4, -0.2) is 29.2 Å². The van der Waals surface area contributed by atoms with Crippen molar-refractivity contribution in [3.63, 3.8) is 0 Å². The Bertz CT molecular complexity index is 706. The third-order valence-corrected chi connectivity index (χ3v) is 4.22. The summed E-state index contributed by atoms with van der Waals surface area (Å²) < 4.78 is 19.3. The van der Waals surface area contributed by atoms with Gasteiger partial charge in [-0.25, -0.2) is 9.40 Å². The highest BCUT2D eigenvalue weighted by atomic mass is 35.5. The van der Waals surface area contributed by atoms with E-state index in [0.717, 1.165) is 32.4 Å². The molecule has 1 aliphatic heterocycles. The van der Waals surface area contributed by atoms with Crippen molar-refractivity contribution in [1.82, 2.24) is 15.6 Å². The van der Waals surface area contributed by atoms with Gasteiger partial charge in [0.05, 0.1) is 10.6 Å². The Morgan fingerprint density at radius 3 is 2.78 bits per heavy atom. The predicted octanol–water partition coefficient (Wildman–Crippen LogP) is 3.57. The molecule has 7 heteroatoms. The van der Waals surface area contributed by atoms with Crippen molar-refractivity contribution >= 4 is 17.5 Å². The van der Waals surface area contributed by atoms with E-state index in [0.29, 0.717) is 5.76 Å². The van der Waals surface area contributed by atoms with Crippen molar-refractivity contribution < 1.29 is 13.7 Å². The highest BCUT2D eigenvalue weighted by molar-refractivity contribution is 6.33. The Hall–Kier alpha value is -1.92. The smallest absolute Gasteiger partial charge is 0.271 e. The first-order valence-corrected chi connectivity index (χ1v) is 7.92. The summed E-state index contributed by atoms with van der Waals surface area (Å²) in [6.45, 7) is 3.22. The number of hydrazine groups is 1. The van der Waals surface area contributed by atoms with Crippen LogP contribution in [0.3, 0.4) is 0 Å². The Morgan fingerprint density at radius 1 is 1.35 bits per heavy atom. The summed E-state index contributed by atoms with van der Waals surface area (Å²) in [4.78, 5) is 12.6. The number of piperidine rings is 1. The maximum absolute atomic E-state index is 14.1. The molecule has 2 aromatic rings. The van der Waals surface area contributed by atoms with Crippen LogP contribution in [0.25, 0.3) is 11.3 Å². The molecule has 1 saturated heterocycles. The molecule has 1 amide bonds. The van der Waals surface area contributed by atoms with E-state index in [2.05, 4.69) is 10.6 Å². The molecule has 0 bridgehead atoms. The van der Waals surface area contributed by atoms with Crippen LogP contribution in [0.2, 0.25) is 5.02 Å². The Morgan fingerprint density at radius 2 is 2.09 bits per heavy atom. The van der Waals surface area contributed by atoms with Crippen LogP contribution in [0.5, 0.6) is 0 Å². The maximum Gasteiger partial charge on any atom is 0.271 e. The molecule has 23 heavy (non-hydrogen) atoms. The first-order chi connectivity index (χ1) is 11.1. The fourth-order valence-corrected chi connectivity index (χ4v) is 2.99. The van der Waals surface area contributed by atoms with Crippen LogP contribution in [0.4, 0.5) is 4.39 Å². The van der Waals surface area contributed by atoms with Crippen LogP contribution in [0.1, 0.15) is 35.4 Å². The lowest BCUT2D eigenvalue weighted by atomic mass is 10.1. The number of carbonyl (C=O) groups is 1. The number of benzene rings is 1. The number of nitrogens with zero attached hydrogens (tertiary/aromatic N) is 2. The summed E-state index contributed by atoms with van der Waals surface area (Å²) in [5.41, 5.74) is 3.25.